The Kier molecular flexibility index (Phi) is 4.22. The summed E-state index contributed by atoms with van der Waals surface area (Å²) >= 11 is 0.725. The van der Waals surface area contributed by atoms with Gasteiger partial charge >= 0.3 is 12.1 Å². The molecule has 17 heavy (non-hydrogen) atoms. The summed E-state index contributed by atoms with van der Waals surface area (Å²) in [6, 6.07) is 2.92. The topological polar surface area (TPSA) is 76.2 Å². The molecule has 0 aromatic carbocycles. The molecular weight excluding hydrogens is 257 g/mol. The van der Waals surface area contributed by atoms with Gasteiger partial charge in [-0.15, -0.1) is 11.8 Å². The first-order valence-corrected chi connectivity index (χ1v) is 5.43. The number of nitrogens with two attached hydrogens (primary N) is 1. The van der Waals surface area contributed by atoms with Crippen LogP contribution in [0.4, 0.5) is 18.9 Å². The fraction of sp³-hybridized carbons (Fsp3) is 0.333. The number of hydrogen-bond donors (Lipinski definition) is 2. The van der Waals surface area contributed by atoms with Crippen LogP contribution < -0.4 is 5.73 Å². The van der Waals surface area contributed by atoms with E-state index in [0.717, 1.165) is 11.8 Å². The number of hydrogen-bond acceptors (Lipinski definition) is 4. The molecule has 0 spiro atoms. The molecule has 1 aromatic rings. The zero-order valence-corrected chi connectivity index (χ0v) is 9.26. The van der Waals surface area contributed by atoms with E-state index >= 15 is 0 Å². The molecule has 0 fully saturated rings. The molecule has 1 aromatic heterocycles. The molecule has 94 valence electrons. The SMILES string of the molecule is Nc1ccc(SCC(C(=O)O)C(F)(F)F)nc1. The van der Waals surface area contributed by atoms with Crippen LogP contribution in [0, 0.1) is 5.92 Å². The summed E-state index contributed by atoms with van der Waals surface area (Å²) in [6.07, 6.45) is -3.46. The number of aromatic nitrogens is 1. The second kappa shape index (κ2) is 5.26. The van der Waals surface area contributed by atoms with Crippen LogP contribution in [0.5, 0.6) is 0 Å². The maximum Gasteiger partial charge on any atom is 0.403 e. The number of anilines is 1. The van der Waals surface area contributed by atoms with Crippen LogP contribution in [0.1, 0.15) is 0 Å². The Morgan fingerprint density at radius 2 is 2.18 bits per heavy atom. The number of carboxylic acids is 1. The molecule has 0 radical (unpaired) electrons. The van der Waals surface area contributed by atoms with Gasteiger partial charge in [0, 0.05) is 5.75 Å². The summed E-state index contributed by atoms with van der Waals surface area (Å²) < 4.78 is 36.9. The number of alkyl halides is 3. The maximum absolute atomic E-state index is 12.3. The summed E-state index contributed by atoms with van der Waals surface area (Å²) in [5, 5.41) is 8.76. The first-order valence-electron chi connectivity index (χ1n) is 4.44. The van der Waals surface area contributed by atoms with E-state index < -0.39 is 23.8 Å². The van der Waals surface area contributed by atoms with Gasteiger partial charge in [0.15, 0.2) is 5.92 Å². The predicted octanol–water partition coefficient (Wildman–Crippen LogP) is 2.02. The molecule has 0 aliphatic carbocycles. The van der Waals surface area contributed by atoms with Crippen molar-refractivity contribution in [2.75, 3.05) is 11.5 Å². The molecule has 0 bridgehead atoms. The average Bonchev–Trinajstić information content (AvgIpc) is 2.18. The molecule has 1 heterocycles. The summed E-state index contributed by atoms with van der Waals surface area (Å²) in [5.41, 5.74) is 5.74. The fourth-order valence-electron chi connectivity index (χ4n) is 0.952. The van der Waals surface area contributed by atoms with Gasteiger partial charge in [-0.05, 0) is 12.1 Å². The van der Waals surface area contributed by atoms with Gasteiger partial charge < -0.3 is 10.8 Å². The van der Waals surface area contributed by atoms with Gasteiger partial charge in [-0.1, -0.05) is 0 Å². The second-order valence-corrected chi connectivity index (χ2v) is 4.21. The van der Waals surface area contributed by atoms with Crippen molar-refractivity contribution in [3.05, 3.63) is 18.3 Å². The number of thioether (sulfide) groups is 1. The normalized spacial score (nSPS) is 13.4. The number of carbonyl (C=O) groups is 1. The van der Waals surface area contributed by atoms with Crippen molar-refractivity contribution < 1.29 is 23.1 Å². The molecule has 0 aliphatic rings. The lowest BCUT2D eigenvalue weighted by molar-refractivity contribution is -0.188. The van der Waals surface area contributed by atoms with E-state index in [1.807, 2.05) is 0 Å². The third-order valence-corrected chi connectivity index (χ3v) is 2.89. The number of pyridine rings is 1. The minimum Gasteiger partial charge on any atom is -0.481 e. The summed E-state index contributed by atoms with van der Waals surface area (Å²) in [4.78, 5) is 14.2. The summed E-state index contributed by atoms with van der Waals surface area (Å²) in [6.45, 7) is 0. The van der Waals surface area contributed by atoms with Crippen molar-refractivity contribution in [3.8, 4) is 0 Å². The van der Waals surface area contributed by atoms with Crippen LogP contribution in [0.15, 0.2) is 23.4 Å². The van der Waals surface area contributed by atoms with Gasteiger partial charge in [-0.3, -0.25) is 4.79 Å². The third kappa shape index (κ3) is 4.14. The van der Waals surface area contributed by atoms with Crippen molar-refractivity contribution in [1.29, 1.82) is 0 Å². The van der Waals surface area contributed by atoms with E-state index in [9.17, 15) is 18.0 Å². The predicted molar refractivity (Wildman–Crippen MR) is 56.6 cm³/mol. The minimum absolute atomic E-state index is 0.301. The molecule has 1 rings (SSSR count). The Morgan fingerprint density at radius 3 is 2.59 bits per heavy atom. The number of rotatable bonds is 4. The van der Waals surface area contributed by atoms with Crippen LogP contribution in [0.25, 0.3) is 0 Å². The van der Waals surface area contributed by atoms with Gasteiger partial charge in [0.2, 0.25) is 0 Å². The Bertz CT molecular complexity index is 394. The lowest BCUT2D eigenvalue weighted by Crippen LogP contribution is -2.32. The molecule has 0 amide bonds. The van der Waals surface area contributed by atoms with Crippen LogP contribution >= 0.6 is 11.8 Å². The standard InChI is InChI=1S/C9H9F3N2O2S/c10-9(11,12)6(8(15)16)4-17-7-2-1-5(13)3-14-7/h1-3,6H,4,13H2,(H,15,16). The van der Waals surface area contributed by atoms with Crippen molar-refractivity contribution in [1.82, 2.24) is 4.98 Å². The summed E-state index contributed by atoms with van der Waals surface area (Å²) in [7, 11) is 0. The largest absolute Gasteiger partial charge is 0.481 e. The van der Waals surface area contributed by atoms with Crippen LogP contribution in [0.3, 0.4) is 0 Å². The smallest absolute Gasteiger partial charge is 0.403 e. The quantitative estimate of drug-likeness (QED) is 0.815. The van der Waals surface area contributed by atoms with E-state index in [2.05, 4.69) is 4.98 Å². The Morgan fingerprint density at radius 1 is 1.53 bits per heavy atom. The van der Waals surface area contributed by atoms with E-state index in [1.54, 1.807) is 0 Å². The Labute approximate surface area is 99.0 Å². The molecule has 4 nitrogen and oxygen atoms in total. The highest BCUT2D eigenvalue weighted by Gasteiger charge is 2.44. The first-order chi connectivity index (χ1) is 7.80. The number of halogens is 3. The van der Waals surface area contributed by atoms with Crippen LogP contribution in [0.2, 0.25) is 0 Å². The second-order valence-electron chi connectivity index (χ2n) is 3.17. The monoisotopic (exact) mass is 266 g/mol. The highest BCUT2D eigenvalue weighted by Crippen LogP contribution is 2.31. The van der Waals surface area contributed by atoms with Crippen molar-refractivity contribution >= 4 is 23.4 Å². The fourth-order valence-corrected chi connectivity index (χ4v) is 1.91. The molecule has 1 unspecified atom stereocenters. The van der Waals surface area contributed by atoms with Gasteiger partial charge in [0.25, 0.3) is 0 Å². The molecule has 0 aliphatic heterocycles. The average molecular weight is 266 g/mol. The molecule has 3 N–H and O–H groups in total. The molecule has 8 heteroatoms. The van der Waals surface area contributed by atoms with Gasteiger partial charge in [-0.2, -0.15) is 13.2 Å². The Balaban J connectivity index is 2.65. The van der Waals surface area contributed by atoms with Gasteiger partial charge in [0.1, 0.15) is 0 Å². The number of aliphatic carboxylic acids is 1. The zero-order chi connectivity index (χ0) is 13.1. The number of nitrogen functional groups attached to an aromatic ring is 1. The van der Waals surface area contributed by atoms with E-state index in [4.69, 9.17) is 10.8 Å². The minimum atomic E-state index is -4.76. The highest BCUT2D eigenvalue weighted by molar-refractivity contribution is 7.99. The van der Waals surface area contributed by atoms with E-state index in [1.165, 1.54) is 18.3 Å². The zero-order valence-electron chi connectivity index (χ0n) is 8.44. The van der Waals surface area contributed by atoms with Crippen LogP contribution in [-0.2, 0) is 4.79 Å². The number of carboxylic acid groups (broad SMARTS) is 1. The molecular formula is C9H9F3N2O2S. The third-order valence-electron chi connectivity index (χ3n) is 1.85. The number of nitrogens with zero attached hydrogens (tertiary/aromatic N) is 1. The highest BCUT2D eigenvalue weighted by atomic mass is 32.2. The van der Waals surface area contributed by atoms with Crippen molar-refractivity contribution in [3.63, 3.8) is 0 Å². The van der Waals surface area contributed by atoms with Gasteiger partial charge in [-0.25, -0.2) is 4.98 Å². The van der Waals surface area contributed by atoms with Crippen molar-refractivity contribution in [2.45, 2.75) is 11.2 Å². The first kappa shape index (κ1) is 13.6. The maximum atomic E-state index is 12.3. The van der Waals surface area contributed by atoms with E-state index in [-0.39, 0.29) is 0 Å². The lowest BCUT2D eigenvalue weighted by Gasteiger charge is -2.15. The molecule has 0 saturated heterocycles. The van der Waals surface area contributed by atoms with E-state index in [0.29, 0.717) is 10.7 Å². The molecule has 1 atom stereocenters. The van der Waals surface area contributed by atoms with Crippen LogP contribution in [-0.4, -0.2) is 28.0 Å². The lowest BCUT2D eigenvalue weighted by atomic mass is 10.2. The molecule has 0 saturated carbocycles. The van der Waals surface area contributed by atoms with Gasteiger partial charge in [0.05, 0.1) is 16.9 Å². The summed E-state index contributed by atoms with van der Waals surface area (Å²) in [5.74, 6) is -4.90. The Hall–Kier alpha value is -1.44. The van der Waals surface area contributed by atoms with Crippen molar-refractivity contribution in [2.24, 2.45) is 5.92 Å².